The summed E-state index contributed by atoms with van der Waals surface area (Å²) in [5, 5.41) is 8.95. The Hall–Kier alpha value is -12.8. The van der Waals surface area contributed by atoms with E-state index in [-0.39, 0.29) is 10.8 Å². The van der Waals surface area contributed by atoms with Crippen LogP contribution in [-0.2, 0) is 10.8 Å². The fourth-order valence-electron chi connectivity index (χ4n) is 17.3. The second-order valence-corrected chi connectivity index (χ2v) is 28.7. The molecule has 0 spiro atoms. The van der Waals surface area contributed by atoms with Crippen LogP contribution in [0.3, 0.4) is 0 Å². The van der Waals surface area contributed by atoms with Crippen molar-refractivity contribution in [3.63, 3.8) is 0 Å². The van der Waals surface area contributed by atoms with Crippen LogP contribution in [0.25, 0.3) is 143 Å². The molecular formula is C98H68N2O2. The summed E-state index contributed by atoms with van der Waals surface area (Å²) < 4.78 is 13.8. The number of benzene rings is 16. The van der Waals surface area contributed by atoms with Crippen LogP contribution in [0.4, 0.5) is 34.1 Å². The summed E-state index contributed by atoms with van der Waals surface area (Å²) in [7, 11) is 0. The van der Waals surface area contributed by atoms with Crippen LogP contribution in [0.1, 0.15) is 49.9 Å². The van der Waals surface area contributed by atoms with Gasteiger partial charge in [-0.05, 0) is 220 Å². The van der Waals surface area contributed by atoms with Gasteiger partial charge in [-0.1, -0.05) is 258 Å². The molecule has 0 unspecified atom stereocenters. The molecule has 0 bridgehead atoms. The summed E-state index contributed by atoms with van der Waals surface area (Å²) >= 11 is 0. The molecule has 0 saturated carbocycles. The highest BCUT2D eigenvalue weighted by Crippen LogP contribution is 2.56. The van der Waals surface area contributed by atoms with Gasteiger partial charge in [-0.3, -0.25) is 0 Å². The number of nitrogens with zero attached hydrogens (tertiary/aromatic N) is 2. The standard InChI is InChI=1S/C98H68N2O2/c1-97(2)87-38-14-13-33-80(87)81-53-49-74(59-88(81)97)100(71-47-43-62(44-48-71)66-25-15-24-65(55-66)61-21-7-5-8-22-61)73-31-17-27-68(57-73)77-35-20-40-91-93(77)85-52-46-64-41-42-69(58-86(64)96(85)102-91)78-36-18-37-83-82-54-50-75(60-89(82)98(3,4)94(78)83)99(70-28-9-6-10-29-70)72-30-16-26-67(56-72)76-34-19-39-90-92(76)84-51-45-63-23-11-12-32-79(63)95(84)101-90/h5-60H,1-4H3. The van der Waals surface area contributed by atoms with Crippen molar-refractivity contribution < 1.29 is 8.83 Å². The molecule has 2 aromatic heterocycles. The average molecular weight is 1310 g/mol. The van der Waals surface area contributed by atoms with Gasteiger partial charge in [-0.15, -0.1) is 0 Å². The van der Waals surface area contributed by atoms with Gasteiger partial charge in [0.15, 0.2) is 0 Å². The summed E-state index contributed by atoms with van der Waals surface area (Å²) in [5.74, 6) is 0. The van der Waals surface area contributed by atoms with E-state index in [1.807, 2.05) is 0 Å². The Morgan fingerprint density at radius 3 is 1.30 bits per heavy atom. The number of rotatable bonds is 11. The molecule has 18 aromatic rings. The molecule has 102 heavy (non-hydrogen) atoms. The Morgan fingerprint density at radius 1 is 0.225 bits per heavy atom. The maximum absolute atomic E-state index is 7.16. The topological polar surface area (TPSA) is 32.8 Å². The van der Waals surface area contributed by atoms with Crippen molar-refractivity contribution in [2.75, 3.05) is 9.80 Å². The van der Waals surface area contributed by atoms with Crippen LogP contribution < -0.4 is 9.80 Å². The Kier molecular flexibility index (Phi) is 13.3. The van der Waals surface area contributed by atoms with Crippen molar-refractivity contribution in [1.82, 2.24) is 0 Å². The second kappa shape index (κ2) is 22.9. The van der Waals surface area contributed by atoms with Gasteiger partial charge in [0.05, 0.1) is 0 Å². The lowest BCUT2D eigenvalue weighted by atomic mass is 9.78. The van der Waals surface area contributed by atoms with E-state index in [9.17, 15) is 0 Å². The van der Waals surface area contributed by atoms with E-state index in [0.29, 0.717) is 0 Å². The molecule has 16 aromatic carbocycles. The zero-order chi connectivity index (χ0) is 68.0. The smallest absolute Gasteiger partial charge is 0.143 e. The van der Waals surface area contributed by atoms with Gasteiger partial charge < -0.3 is 18.6 Å². The molecule has 20 rings (SSSR count). The van der Waals surface area contributed by atoms with E-state index in [0.717, 1.165) is 122 Å². The number of hydrogen-bond donors (Lipinski definition) is 0. The second-order valence-electron chi connectivity index (χ2n) is 28.7. The molecule has 0 aliphatic heterocycles. The number of hydrogen-bond acceptors (Lipinski definition) is 4. The van der Waals surface area contributed by atoms with E-state index in [1.165, 1.54) is 77.7 Å². The molecule has 4 nitrogen and oxygen atoms in total. The van der Waals surface area contributed by atoms with Crippen LogP contribution in [0, 0.1) is 0 Å². The highest BCUT2D eigenvalue weighted by molar-refractivity contribution is 6.21. The molecule has 0 fully saturated rings. The Bertz CT molecular complexity index is 6450. The minimum absolute atomic E-state index is 0.171. The van der Waals surface area contributed by atoms with Gasteiger partial charge in [0.2, 0.25) is 0 Å². The van der Waals surface area contributed by atoms with Crippen LogP contribution in [0.2, 0.25) is 0 Å². The summed E-state index contributed by atoms with van der Waals surface area (Å²) in [5.41, 5.74) is 31.6. The van der Waals surface area contributed by atoms with Crippen molar-refractivity contribution in [3.8, 4) is 77.9 Å². The van der Waals surface area contributed by atoms with Gasteiger partial charge in [0.25, 0.3) is 0 Å². The fraction of sp³-hybridized carbons (Fsp3) is 0.0612. The third-order valence-corrected chi connectivity index (χ3v) is 22.2. The van der Waals surface area contributed by atoms with E-state index in [1.54, 1.807) is 0 Å². The first-order chi connectivity index (χ1) is 50.1. The molecule has 0 atom stereocenters. The maximum atomic E-state index is 7.16. The van der Waals surface area contributed by atoms with E-state index < -0.39 is 0 Å². The minimum atomic E-state index is -0.356. The highest BCUT2D eigenvalue weighted by atomic mass is 16.3. The number of fused-ring (bicyclic) bond motifs is 16. The van der Waals surface area contributed by atoms with Crippen LogP contribution in [0.5, 0.6) is 0 Å². The molecule has 2 heterocycles. The maximum Gasteiger partial charge on any atom is 0.143 e. The van der Waals surface area contributed by atoms with Crippen molar-refractivity contribution in [2.45, 2.75) is 38.5 Å². The third-order valence-electron chi connectivity index (χ3n) is 22.2. The van der Waals surface area contributed by atoms with Crippen LogP contribution in [0.15, 0.2) is 349 Å². The van der Waals surface area contributed by atoms with Crippen LogP contribution >= 0.6 is 0 Å². The summed E-state index contributed by atoms with van der Waals surface area (Å²) in [6.07, 6.45) is 0. The zero-order valence-corrected chi connectivity index (χ0v) is 57.0. The van der Waals surface area contributed by atoms with Gasteiger partial charge in [0, 0.05) is 77.3 Å². The third kappa shape index (κ3) is 9.29. The molecule has 0 N–H and O–H groups in total. The molecule has 4 heteroatoms. The Balaban J connectivity index is 0.659. The summed E-state index contributed by atoms with van der Waals surface area (Å²) in [4.78, 5) is 4.84. The normalized spacial score (nSPS) is 13.3. The number of anilines is 6. The summed E-state index contributed by atoms with van der Waals surface area (Å²) in [6.45, 7) is 9.53. The first-order valence-corrected chi connectivity index (χ1v) is 35.4. The predicted molar refractivity (Wildman–Crippen MR) is 428 cm³/mol. The minimum Gasteiger partial charge on any atom is -0.455 e. The number of furan rings is 2. The molecule has 0 amide bonds. The van der Waals surface area contributed by atoms with E-state index in [2.05, 4.69) is 377 Å². The molecule has 0 saturated heterocycles. The quantitative estimate of drug-likeness (QED) is 0.129. The Morgan fingerprint density at radius 2 is 0.637 bits per heavy atom. The average Bonchev–Trinajstić information content (AvgIpc) is 1.46. The molecule has 0 radical (unpaired) electrons. The summed E-state index contributed by atoms with van der Waals surface area (Å²) in [6, 6.07) is 125. The predicted octanol–water partition coefficient (Wildman–Crippen LogP) is 27.7. The highest BCUT2D eigenvalue weighted by Gasteiger charge is 2.39. The fourth-order valence-corrected chi connectivity index (χ4v) is 17.3. The first kappa shape index (κ1) is 59.3. The van der Waals surface area contributed by atoms with Gasteiger partial charge in [0.1, 0.15) is 22.3 Å². The lowest BCUT2D eigenvalue weighted by molar-refractivity contribution is 0.660. The van der Waals surface area contributed by atoms with Gasteiger partial charge in [-0.2, -0.15) is 0 Å². The first-order valence-electron chi connectivity index (χ1n) is 35.4. The van der Waals surface area contributed by atoms with Gasteiger partial charge in [-0.25, -0.2) is 0 Å². The van der Waals surface area contributed by atoms with Crippen molar-refractivity contribution in [2.24, 2.45) is 0 Å². The van der Waals surface area contributed by atoms with Crippen molar-refractivity contribution in [3.05, 3.63) is 362 Å². The SMILES string of the molecule is CC1(C)c2ccccc2-c2ccc(N(c3ccc(-c4cccc(-c5ccccc5)c4)cc3)c3cccc(-c4cccc5oc6c7cc(-c8cccc9c8C(C)(C)c8cc(N(c%10ccccc%10)c%10cccc(-c%11cccc%12oc%13c%14ccccc%14ccc%13c%11%12)c%10)ccc8-9)ccc7ccc6c45)c3)cc21. The van der Waals surface area contributed by atoms with E-state index >= 15 is 0 Å². The largest absolute Gasteiger partial charge is 0.455 e. The molecule has 2 aliphatic rings. The monoisotopic (exact) mass is 1300 g/mol. The van der Waals surface area contributed by atoms with Gasteiger partial charge >= 0.3 is 0 Å². The molecular weight excluding hydrogens is 1240 g/mol. The molecule has 2 aliphatic carbocycles. The van der Waals surface area contributed by atoms with E-state index in [4.69, 9.17) is 8.83 Å². The van der Waals surface area contributed by atoms with Crippen molar-refractivity contribution >= 4 is 99.5 Å². The molecule has 482 valence electrons. The van der Waals surface area contributed by atoms with Crippen molar-refractivity contribution in [1.29, 1.82) is 0 Å². The zero-order valence-electron chi connectivity index (χ0n) is 57.0. The number of para-hydroxylation sites is 1. The Labute approximate surface area is 592 Å². The lowest BCUT2D eigenvalue weighted by Crippen LogP contribution is -2.17. The lowest BCUT2D eigenvalue weighted by Gasteiger charge is -2.29. The van der Waals surface area contributed by atoms with Crippen LogP contribution in [-0.4, -0.2) is 0 Å².